The first-order valence-electron chi connectivity index (χ1n) is 6.99. The average Bonchev–Trinajstić information content (AvgIpc) is 2.40. The first-order valence-corrected chi connectivity index (χ1v) is 8.54. The predicted octanol–water partition coefficient (Wildman–Crippen LogP) is 3.90. The summed E-state index contributed by atoms with van der Waals surface area (Å²) >= 11 is 0. The Labute approximate surface area is 116 Å². The summed E-state index contributed by atoms with van der Waals surface area (Å²) < 4.78 is 25.6. The van der Waals surface area contributed by atoms with Gasteiger partial charge in [-0.25, -0.2) is 8.42 Å². The van der Waals surface area contributed by atoms with Gasteiger partial charge in [0.25, 0.3) is 0 Å². The lowest BCUT2D eigenvalue weighted by Gasteiger charge is -2.28. The topological polar surface area (TPSA) is 34.1 Å². The van der Waals surface area contributed by atoms with Crippen LogP contribution in [0.2, 0.25) is 0 Å². The standard InChI is InChI=1S/C16H22O2S/c1-3-15(14-10-5-4-6-11-14)19(17,18)16-12-8-7-9-13(16)2/h3,7-9,12,14-15H,1,4-6,10-11H2,2H3/t15-/m0/s1. The van der Waals surface area contributed by atoms with E-state index in [2.05, 4.69) is 6.58 Å². The summed E-state index contributed by atoms with van der Waals surface area (Å²) in [6.07, 6.45) is 7.14. The number of hydrogen-bond donors (Lipinski definition) is 0. The molecule has 1 aliphatic rings. The molecular weight excluding hydrogens is 256 g/mol. The Morgan fingerprint density at radius 3 is 2.42 bits per heavy atom. The number of rotatable bonds is 4. The van der Waals surface area contributed by atoms with Crippen LogP contribution in [0.1, 0.15) is 37.7 Å². The molecule has 0 aliphatic heterocycles. The highest BCUT2D eigenvalue weighted by atomic mass is 32.2. The van der Waals surface area contributed by atoms with Crippen LogP contribution >= 0.6 is 0 Å². The largest absolute Gasteiger partial charge is 0.223 e. The molecule has 19 heavy (non-hydrogen) atoms. The van der Waals surface area contributed by atoms with Crippen LogP contribution in [-0.4, -0.2) is 13.7 Å². The second-order valence-electron chi connectivity index (χ2n) is 5.41. The molecule has 0 bridgehead atoms. The molecule has 0 amide bonds. The number of benzene rings is 1. The molecule has 0 saturated heterocycles. The van der Waals surface area contributed by atoms with E-state index < -0.39 is 15.1 Å². The fourth-order valence-corrected chi connectivity index (χ4v) is 5.17. The third kappa shape index (κ3) is 2.92. The maximum Gasteiger partial charge on any atom is 0.185 e. The Kier molecular flexibility index (Phi) is 4.46. The second kappa shape index (κ2) is 5.91. The molecule has 1 fully saturated rings. The van der Waals surface area contributed by atoms with E-state index in [0.29, 0.717) is 4.90 Å². The van der Waals surface area contributed by atoms with Gasteiger partial charge in [0, 0.05) is 0 Å². The van der Waals surface area contributed by atoms with E-state index in [0.717, 1.165) is 31.2 Å². The van der Waals surface area contributed by atoms with Gasteiger partial charge in [0.1, 0.15) is 0 Å². The van der Waals surface area contributed by atoms with Crippen LogP contribution < -0.4 is 0 Å². The second-order valence-corrected chi connectivity index (χ2v) is 7.48. The van der Waals surface area contributed by atoms with Crippen LogP contribution in [-0.2, 0) is 9.84 Å². The summed E-state index contributed by atoms with van der Waals surface area (Å²) in [5.74, 6) is 0.232. The first-order chi connectivity index (χ1) is 9.07. The Morgan fingerprint density at radius 2 is 1.84 bits per heavy atom. The zero-order valence-electron chi connectivity index (χ0n) is 11.5. The molecule has 104 valence electrons. The molecule has 0 spiro atoms. The van der Waals surface area contributed by atoms with Gasteiger partial charge in [0.2, 0.25) is 0 Å². The Hall–Kier alpha value is -1.09. The summed E-state index contributed by atoms with van der Waals surface area (Å²) in [7, 11) is -3.30. The van der Waals surface area contributed by atoms with Gasteiger partial charge in [-0.1, -0.05) is 43.5 Å². The molecule has 2 rings (SSSR count). The molecule has 2 nitrogen and oxygen atoms in total. The van der Waals surface area contributed by atoms with E-state index in [-0.39, 0.29) is 5.92 Å². The van der Waals surface area contributed by atoms with Crippen molar-refractivity contribution in [1.29, 1.82) is 0 Å². The minimum absolute atomic E-state index is 0.232. The third-order valence-electron chi connectivity index (χ3n) is 4.11. The van der Waals surface area contributed by atoms with Crippen molar-refractivity contribution in [3.8, 4) is 0 Å². The Bertz CT molecular complexity index is 540. The van der Waals surface area contributed by atoms with E-state index in [1.54, 1.807) is 18.2 Å². The smallest absolute Gasteiger partial charge is 0.185 e. The number of sulfone groups is 1. The molecular formula is C16H22O2S. The molecule has 1 aromatic rings. The van der Waals surface area contributed by atoms with E-state index in [1.807, 2.05) is 19.1 Å². The van der Waals surface area contributed by atoms with Gasteiger partial charge in [-0.3, -0.25) is 0 Å². The van der Waals surface area contributed by atoms with Crippen LogP contribution in [0.3, 0.4) is 0 Å². The maximum absolute atomic E-state index is 12.8. The lowest BCUT2D eigenvalue weighted by atomic mass is 9.87. The van der Waals surface area contributed by atoms with Crippen LogP contribution in [0.4, 0.5) is 0 Å². The quantitative estimate of drug-likeness (QED) is 0.783. The fourth-order valence-electron chi connectivity index (χ4n) is 3.06. The van der Waals surface area contributed by atoms with Gasteiger partial charge < -0.3 is 0 Å². The molecule has 0 aromatic heterocycles. The van der Waals surface area contributed by atoms with Crippen molar-refractivity contribution in [2.45, 2.75) is 49.2 Å². The molecule has 0 N–H and O–H groups in total. The van der Waals surface area contributed by atoms with Crippen molar-refractivity contribution in [2.75, 3.05) is 0 Å². The van der Waals surface area contributed by atoms with Crippen molar-refractivity contribution in [3.05, 3.63) is 42.5 Å². The Morgan fingerprint density at radius 1 is 1.21 bits per heavy atom. The molecule has 0 radical (unpaired) electrons. The third-order valence-corrected chi connectivity index (χ3v) is 6.47. The molecule has 1 saturated carbocycles. The van der Waals surface area contributed by atoms with E-state index >= 15 is 0 Å². The predicted molar refractivity (Wildman–Crippen MR) is 78.9 cm³/mol. The van der Waals surface area contributed by atoms with Crippen molar-refractivity contribution in [1.82, 2.24) is 0 Å². The first kappa shape index (κ1) is 14.3. The Balaban J connectivity index is 2.36. The molecule has 3 heteroatoms. The van der Waals surface area contributed by atoms with Gasteiger partial charge in [-0.15, -0.1) is 6.58 Å². The lowest BCUT2D eigenvalue weighted by molar-refractivity contribution is 0.360. The van der Waals surface area contributed by atoms with Crippen molar-refractivity contribution < 1.29 is 8.42 Å². The molecule has 0 heterocycles. The normalized spacial score (nSPS) is 19.0. The van der Waals surface area contributed by atoms with Crippen LogP contribution in [0.25, 0.3) is 0 Å². The van der Waals surface area contributed by atoms with Crippen molar-refractivity contribution in [3.63, 3.8) is 0 Å². The van der Waals surface area contributed by atoms with Gasteiger partial charge >= 0.3 is 0 Å². The van der Waals surface area contributed by atoms with Crippen molar-refractivity contribution in [2.24, 2.45) is 5.92 Å². The van der Waals surface area contributed by atoms with Crippen LogP contribution in [0, 0.1) is 12.8 Å². The molecule has 1 aromatic carbocycles. The molecule has 1 atom stereocenters. The summed E-state index contributed by atoms with van der Waals surface area (Å²) in [4.78, 5) is 0.463. The SMILES string of the molecule is C=C[C@@H](C1CCCCC1)S(=O)(=O)c1ccccc1C. The van der Waals surface area contributed by atoms with Gasteiger partial charge in [0.15, 0.2) is 9.84 Å². The maximum atomic E-state index is 12.8. The highest BCUT2D eigenvalue weighted by Gasteiger charge is 2.33. The summed E-state index contributed by atoms with van der Waals surface area (Å²) in [6, 6.07) is 7.23. The van der Waals surface area contributed by atoms with Crippen molar-refractivity contribution >= 4 is 9.84 Å². The summed E-state index contributed by atoms with van der Waals surface area (Å²) in [5.41, 5.74) is 0.824. The van der Waals surface area contributed by atoms with E-state index in [4.69, 9.17) is 0 Å². The van der Waals surface area contributed by atoms with E-state index in [1.165, 1.54) is 6.42 Å². The number of aryl methyl sites for hydroxylation is 1. The van der Waals surface area contributed by atoms with Gasteiger partial charge in [-0.2, -0.15) is 0 Å². The minimum atomic E-state index is -3.30. The van der Waals surface area contributed by atoms with Crippen LogP contribution in [0.5, 0.6) is 0 Å². The van der Waals surface area contributed by atoms with Gasteiger partial charge in [0.05, 0.1) is 10.1 Å². The van der Waals surface area contributed by atoms with Crippen LogP contribution in [0.15, 0.2) is 41.8 Å². The summed E-state index contributed by atoms with van der Waals surface area (Å²) in [5, 5.41) is -0.436. The fraction of sp³-hybridized carbons (Fsp3) is 0.500. The highest BCUT2D eigenvalue weighted by molar-refractivity contribution is 7.92. The summed E-state index contributed by atoms with van der Waals surface area (Å²) in [6.45, 7) is 5.63. The highest BCUT2D eigenvalue weighted by Crippen LogP contribution is 2.33. The van der Waals surface area contributed by atoms with Gasteiger partial charge in [-0.05, 0) is 37.3 Å². The van der Waals surface area contributed by atoms with E-state index in [9.17, 15) is 8.42 Å². The minimum Gasteiger partial charge on any atom is -0.223 e. The molecule has 0 unspecified atom stereocenters. The number of hydrogen-bond acceptors (Lipinski definition) is 2. The zero-order chi connectivity index (χ0) is 13.9. The monoisotopic (exact) mass is 278 g/mol. The lowest BCUT2D eigenvalue weighted by Crippen LogP contribution is -2.30. The zero-order valence-corrected chi connectivity index (χ0v) is 12.3. The average molecular weight is 278 g/mol. The molecule has 1 aliphatic carbocycles.